The van der Waals surface area contributed by atoms with Gasteiger partial charge < -0.3 is 15.5 Å². The highest BCUT2D eigenvalue weighted by Crippen LogP contribution is 2.35. The van der Waals surface area contributed by atoms with Gasteiger partial charge >= 0.3 is 0 Å². The van der Waals surface area contributed by atoms with E-state index in [1.165, 1.54) is 12.1 Å². The molecule has 1 amide bonds. The third kappa shape index (κ3) is 4.18. The molecule has 1 aromatic carbocycles. The summed E-state index contributed by atoms with van der Waals surface area (Å²) < 4.78 is 13.1. The molecule has 0 radical (unpaired) electrons. The Bertz CT molecular complexity index is 637. The van der Waals surface area contributed by atoms with Gasteiger partial charge in [-0.15, -0.1) is 0 Å². The average molecular weight is 347 g/mol. The van der Waals surface area contributed by atoms with Crippen molar-refractivity contribution in [3.63, 3.8) is 0 Å². The second kappa shape index (κ2) is 7.52. The minimum Gasteiger partial charge on any atom is -0.392 e. The molecule has 0 spiro atoms. The van der Waals surface area contributed by atoms with Crippen molar-refractivity contribution in [2.75, 3.05) is 13.1 Å². The van der Waals surface area contributed by atoms with E-state index in [-0.39, 0.29) is 23.9 Å². The first-order chi connectivity index (χ1) is 12.0. The van der Waals surface area contributed by atoms with E-state index in [0.29, 0.717) is 19.4 Å². The molecule has 2 N–H and O–H groups in total. The summed E-state index contributed by atoms with van der Waals surface area (Å²) in [6.07, 6.45) is 2.97. The molecule has 1 saturated heterocycles. The molecule has 3 rings (SSSR count). The Morgan fingerprint density at radius 1 is 1.44 bits per heavy atom. The summed E-state index contributed by atoms with van der Waals surface area (Å²) in [6.45, 7) is 5.56. The molecule has 2 heterocycles. The first-order valence-corrected chi connectivity index (χ1v) is 8.99. The highest BCUT2D eigenvalue weighted by Gasteiger charge is 2.43. The molecule has 2 atom stereocenters. The number of halogens is 1. The van der Waals surface area contributed by atoms with E-state index in [1.807, 2.05) is 13.8 Å². The number of carbonyl (C=O) groups excluding carboxylic acids is 1. The van der Waals surface area contributed by atoms with Crippen LogP contribution < -0.4 is 10.6 Å². The van der Waals surface area contributed by atoms with Crippen LogP contribution in [-0.4, -0.2) is 36.9 Å². The van der Waals surface area contributed by atoms with Crippen molar-refractivity contribution in [3.05, 3.63) is 35.6 Å². The van der Waals surface area contributed by atoms with Crippen LogP contribution in [0.15, 0.2) is 29.4 Å². The third-order valence-electron chi connectivity index (χ3n) is 4.90. The standard InChI is InChI=1S/C19H26FN3O2/c1-13(2)22-18(24)19(8-3-9-21-12-19)11-16-10-17(23-25-16)14-4-6-15(20)7-5-14/h4-7,13,16,21H,3,8-12H2,1-2H3,(H,22,24)/t16-,19-/m1/s1. The monoisotopic (exact) mass is 347 g/mol. The van der Waals surface area contributed by atoms with Gasteiger partial charge in [-0.3, -0.25) is 4.79 Å². The minimum absolute atomic E-state index is 0.0912. The van der Waals surface area contributed by atoms with E-state index in [0.717, 1.165) is 30.7 Å². The maximum absolute atomic E-state index is 13.1. The fourth-order valence-electron chi connectivity index (χ4n) is 3.63. The van der Waals surface area contributed by atoms with Crippen molar-refractivity contribution in [1.82, 2.24) is 10.6 Å². The maximum Gasteiger partial charge on any atom is 0.227 e. The zero-order valence-corrected chi connectivity index (χ0v) is 14.8. The minimum atomic E-state index is -0.457. The van der Waals surface area contributed by atoms with Crippen LogP contribution in [0, 0.1) is 11.2 Å². The lowest BCUT2D eigenvalue weighted by Gasteiger charge is -2.38. The summed E-state index contributed by atoms with van der Waals surface area (Å²) >= 11 is 0. The number of nitrogens with zero attached hydrogens (tertiary/aromatic N) is 1. The van der Waals surface area contributed by atoms with Gasteiger partial charge in [-0.25, -0.2) is 4.39 Å². The van der Waals surface area contributed by atoms with E-state index < -0.39 is 5.41 Å². The van der Waals surface area contributed by atoms with E-state index >= 15 is 0 Å². The summed E-state index contributed by atoms with van der Waals surface area (Å²) in [5.41, 5.74) is 1.22. The predicted molar refractivity (Wildman–Crippen MR) is 94.9 cm³/mol. The van der Waals surface area contributed by atoms with Crippen LogP contribution in [-0.2, 0) is 9.63 Å². The van der Waals surface area contributed by atoms with Crippen LogP contribution in [0.4, 0.5) is 4.39 Å². The van der Waals surface area contributed by atoms with Gasteiger partial charge in [0, 0.05) is 25.4 Å². The normalized spacial score (nSPS) is 26.2. The van der Waals surface area contributed by atoms with Crippen LogP contribution in [0.2, 0.25) is 0 Å². The Hall–Kier alpha value is -1.95. The van der Waals surface area contributed by atoms with Crippen molar-refractivity contribution in [3.8, 4) is 0 Å². The first kappa shape index (κ1) is 17.9. The fraction of sp³-hybridized carbons (Fsp3) is 0.579. The zero-order chi connectivity index (χ0) is 17.9. The third-order valence-corrected chi connectivity index (χ3v) is 4.90. The fourth-order valence-corrected chi connectivity index (χ4v) is 3.63. The second-order valence-electron chi connectivity index (χ2n) is 7.37. The van der Waals surface area contributed by atoms with Crippen molar-refractivity contribution >= 4 is 11.6 Å². The molecular formula is C19H26FN3O2. The smallest absolute Gasteiger partial charge is 0.227 e. The molecule has 0 aromatic heterocycles. The van der Waals surface area contributed by atoms with Gasteiger partial charge in [0.2, 0.25) is 5.91 Å². The lowest BCUT2D eigenvalue weighted by Crippen LogP contribution is -2.53. The van der Waals surface area contributed by atoms with E-state index in [4.69, 9.17) is 4.84 Å². The van der Waals surface area contributed by atoms with E-state index in [9.17, 15) is 9.18 Å². The molecule has 6 heteroatoms. The van der Waals surface area contributed by atoms with Crippen LogP contribution in [0.25, 0.3) is 0 Å². The van der Waals surface area contributed by atoms with Crippen molar-refractivity contribution < 1.29 is 14.0 Å². The molecule has 1 aromatic rings. The van der Waals surface area contributed by atoms with Gasteiger partial charge in [0.25, 0.3) is 0 Å². The molecule has 136 valence electrons. The zero-order valence-electron chi connectivity index (χ0n) is 14.8. The maximum atomic E-state index is 13.1. The number of piperidine rings is 1. The Morgan fingerprint density at radius 2 is 2.20 bits per heavy atom. The molecule has 25 heavy (non-hydrogen) atoms. The number of oxime groups is 1. The topological polar surface area (TPSA) is 62.7 Å². The van der Waals surface area contributed by atoms with Crippen LogP contribution in [0.1, 0.15) is 45.1 Å². The molecule has 0 unspecified atom stereocenters. The van der Waals surface area contributed by atoms with E-state index in [1.54, 1.807) is 12.1 Å². The predicted octanol–water partition coefficient (Wildman–Crippen LogP) is 2.60. The number of benzene rings is 1. The molecular weight excluding hydrogens is 321 g/mol. The SMILES string of the molecule is CC(C)NC(=O)[C@@]1(C[C@H]2CC(c3ccc(F)cc3)=NO2)CCCNC1. The summed E-state index contributed by atoms with van der Waals surface area (Å²) in [5, 5.41) is 10.6. The lowest BCUT2D eigenvalue weighted by molar-refractivity contribution is -0.135. The first-order valence-electron chi connectivity index (χ1n) is 8.99. The van der Waals surface area contributed by atoms with Gasteiger partial charge in [0.15, 0.2) is 0 Å². The quantitative estimate of drug-likeness (QED) is 0.861. The molecule has 5 nitrogen and oxygen atoms in total. The average Bonchev–Trinajstić information content (AvgIpc) is 3.04. The lowest BCUT2D eigenvalue weighted by atomic mass is 9.74. The van der Waals surface area contributed by atoms with Crippen LogP contribution in [0.3, 0.4) is 0 Å². The summed E-state index contributed by atoms with van der Waals surface area (Å²) in [6, 6.07) is 6.38. The summed E-state index contributed by atoms with van der Waals surface area (Å²) in [4.78, 5) is 18.4. The van der Waals surface area contributed by atoms with Crippen LogP contribution in [0.5, 0.6) is 0 Å². The Labute approximate surface area is 148 Å². The van der Waals surface area contributed by atoms with Gasteiger partial charge in [-0.05, 0) is 50.9 Å². The second-order valence-corrected chi connectivity index (χ2v) is 7.37. The van der Waals surface area contributed by atoms with Gasteiger partial charge in [0.05, 0.1) is 11.1 Å². The Balaban J connectivity index is 1.67. The number of nitrogens with one attached hydrogen (secondary N) is 2. The van der Waals surface area contributed by atoms with Crippen molar-refractivity contribution in [1.29, 1.82) is 0 Å². The number of hydrogen-bond donors (Lipinski definition) is 2. The molecule has 2 aliphatic rings. The Morgan fingerprint density at radius 3 is 2.84 bits per heavy atom. The summed E-state index contributed by atoms with van der Waals surface area (Å²) in [5.74, 6) is -0.175. The van der Waals surface area contributed by atoms with E-state index in [2.05, 4.69) is 15.8 Å². The van der Waals surface area contributed by atoms with Crippen molar-refractivity contribution in [2.45, 2.75) is 51.7 Å². The highest BCUT2D eigenvalue weighted by molar-refractivity contribution is 6.01. The van der Waals surface area contributed by atoms with Gasteiger partial charge in [0.1, 0.15) is 11.9 Å². The number of rotatable bonds is 5. The number of carbonyl (C=O) groups is 1. The van der Waals surface area contributed by atoms with Crippen LogP contribution >= 0.6 is 0 Å². The Kier molecular flexibility index (Phi) is 5.37. The highest BCUT2D eigenvalue weighted by atomic mass is 19.1. The largest absolute Gasteiger partial charge is 0.392 e. The molecule has 1 fully saturated rings. The molecule has 0 saturated carbocycles. The molecule has 0 aliphatic carbocycles. The van der Waals surface area contributed by atoms with Crippen molar-refractivity contribution in [2.24, 2.45) is 10.6 Å². The molecule has 2 aliphatic heterocycles. The number of hydrogen-bond acceptors (Lipinski definition) is 4. The van der Waals surface area contributed by atoms with Gasteiger partial charge in [-0.1, -0.05) is 17.3 Å². The molecule has 0 bridgehead atoms. The summed E-state index contributed by atoms with van der Waals surface area (Å²) in [7, 11) is 0. The number of amides is 1. The van der Waals surface area contributed by atoms with Gasteiger partial charge in [-0.2, -0.15) is 0 Å².